The van der Waals surface area contributed by atoms with E-state index in [2.05, 4.69) is 6.08 Å². The van der Waals surface area contributed by atoms with Crippen LogP contribution in [0.4, 0.5) is 8.78 Å². The lowest BCUT2D eigenvalue weighted by Crippen LogP contribution is -2.35. The van der Waals surface area contributed by atoms with Crippen molar-refractivity contribution in [3.05, 3.63) is 47.5 Å². The van der Waals surface area contributed by atoms with Gasteiger partial charge in [-0.05, 0) is 43.9 Å². The zero-order chi connectivity index (χ0) is 19.1. The van der Waals surface area contributed by atoms with E-state index in [1.807, 2.05) is 13.0 Å². The van der Waals surface area contributed by atoms with Gasteiger partial charge in [-0.1, -0.05) is 18.2 Å². The molecule has 2 aliphatic heterocycles. The molecule has 0 amide bonds. The van der Waals surface area contributed by atoms with Crippen LogP contribution in [-0.2, 0) is 25.4 Å². The molecule has 0 radical (unpaired) electrons. The summed E-state index contributed by atoms with van der Waals surface area (Å²) in [4.78, 5) is 0. The first-order valence-corrected chi connectivity index (χ1v) is 9.67. The first-order valence-electron chi connectivity index (χ1n) is 9.67. The molecule has 0 aromatic heterocycles. The summed E-state index contributed by atoms with van der Waals surface area (Å²) in [5.41, 5.74) is 0.742. The van der Waals surface area contributed by atoms with E-state index < -0.39 is 11.6 Å². The molecule has 0 spiro atoms. The number of aryl methyl sites for hydroxylation is 1. The van der Waals surface area contributed by atoms with E-state index in [9.17, 15) is 8.78 Å². The molecule has 1 aromatic carbocycles. The molecule has 4 nitrogen and oxygen atoms in total. The molecular formula is C21H28F2O4. The highest BCUT2D eigenvalue weighted by Gasteiger charge is 2.25. The Hall–Kier alpha value is -1.34. The van der Waals surface area contributed by atoms with Crippen LogP contribution in [0.3, 0.4) is 0 Å². The molecule has 0 aliphatic carbocycles. The van der Waals surface area contributed by atoms with Crippen molar-refractivity contribution in [1.29, 1.82) is 0 Å². The molecule has 0 saturated carbocycles. The normalized spacial score (nSPS) is 29.3. The van der Waals surface area contributed by atoms with Gasteiger partial charge in [-0.3, -0.25) is 0 Å². The average molecular weight is 382 g/mol. The van der Waals surface area contributed by atoms with Gasteiger partial charge in [-0.2, -0.15) is 0 Å². The number of halogens is 2. The van der Waals surface area contributed by atoms with Crippen LogP contribution in [0.5, 0.6) is 0 Å². The Labute approximate surface area is 159 Å². The van der Waals surface area contributed by atoms with Crippen molar-refractivity contribution in [3.8, 4) is 0 Å². The summed E-state index contributed by atoms with van der Waals surface area (Å²) in [6.45, 7) is 4.69. The predicted octanol–water partition coefficient (Wildman–Crippen LogP) is 4.23. The number of ether oxygens (including phenoxy) is 4. The maximum absolute atomic E-state index is 13.2. The van der Waals surface area contributed by atoms with Crippen molar-refractivity contribution in [2.75, 3.05) is 26.4 Å². The lowest BCUT2D eigenvalue weighted by Gasteiger charge is -2.32. The topological polar surface area (TPSA) is 36.9 Å². The molecule has 2 saturated heterocycles. The van der Waals surface area contributed by atoms with Crippen LogP contribution >= 0.6 is 0 Å². The fourth-order valence-electron chi connectivity index (χ4n) is 3.38. The lowest BCUT2D eigenvalue weighted by atomic mass is 10.0. The van der Waals surface area contributed by atoms with Crippen molar-refractivity contribution in [1.82, 2.24) is 0 Å². The Bertz CT molecular complexity index is 606. The molecule has 0 bridgehead atoms. The van der Waals surface area contributed by atoms with E-state index in [1.165, 1.54) is 6.07 Å². The fraction of sp³-hybridized carbons (Fsp3) is 0.619. The van der Waals surface area contributed by atoms with Crippen molar-refractivity contribution < 1.29 is 27.7 Å². The van der Waals surface area contributed by atoms with Gasteiger partial charge >= 0.3 is 0 Å². The minimum absolute atomic E-state index is 0.141. The molecule has 2 heterocycles. The van der Waals surface area contributed by atoms with Gasteiger partial charge in [0.25, 0.3) is 0 Å². The molecule has 0 unspecified atom stereocenters. The summed E-state index contributed by atoms with van der Waals surface area (Å²) in [6.07, 6.45) is 6.67. The van der Waals surface area contributed by atoms with E-state index in [0.717, 1.165) is 24.5 Å². The zero-order valence-electron chi connectivity index (χ0n) is 15.7. The maximum atomic E-state index is 13.2. The molecule has 0 N–H and O–H groups in total. The summed E-state index contributed by atoms with van der Waals surface area (Å²) in [7, 11) is 0. The van der Waals surface area contributed by atoms with Gasteiger partial charge in [-0.25, -0.2) is 8.78 Å². The highest BCUT2D eigenvalue weighted by atomic mass is 19.2. The minimum atomic E-state index is -0.824. The van der Waals surface area contributed by atoms with Gasteiger partial charge in [-0.15, -0.1) is 0 Å². The highest BCUT2D eigenvalue weighted by Crippen LogP contribution is 2.23. The van der Waals surface area contributed by atoms with Gasteiger partial charge < -0.3 is 18.9 Å². The maximum Gasteiger partial charge on any atom is 0.159 e. The van der Waals surface area contributed by atoms with Crippen LogP contribution in [0.25, 0.3) is 0 Å². The Morgan fingerprint density at radius 1 is 0.889 bits per heavy atom. The first-order chi connectivity index (χ1) is 13.1. The fourth-order valence-corrected chi connectivity index (χ4v) is 3.38. The molecular weight excluding hydrogens is 354 g/mol. The second-order valence-corrected chi connectivity index (χ2v) is 7.21. The Kier molecular flexibility index (Phi) is 7.76. The highest BCUT2D eigenvalue weighted by molar-refractivity contribution is 5.17. The van der Waals surface area contributed by atoms with E-state index in [1.54, 1.807) is 6.07 Å². The summed E-state index contributed by atoms with van der Waals surface area (Å²) >= 11 is 0. The number of allylic oxidation sites excluding steroid dienone is 1. The predicted molar refractivity (Wildman–Crippen MR) is 97.1 cm³/mol. The van der Waals surface area contributed by atoms with Crippen molar-refractivity contribution >= 4 is 0 Å². The zero-order valence-corrected chi connectivity index (χ0v) is 15.7. The van der Waals surface area contributed by atoms with Crippen molar-refractivity contribution in [3.63, 3.8) is 0 Å². The van der Waals surface area contributed by atoms with E-state index in [-0.39, 0.29) is 12.6 Å². The van der Waals surface area contributed by atoms with E-state index >= 15 is 0 Å². The first kappa shape index (κ1) is 20.4. The Morgan fingerprint density at radius 3 is 2.22 bits per heavy atom. The van der Waals surface area contributed by atoms with Gasteiger partial charge in [0.2, 0.25) is 0 Å². The van der Waals surface area contributed by atoms with Crippen LogP contribution in [-0.4, -0.2) is 39.0 Å². The number of rotatable bonds is 7. The molecule has 150 valence electrons. The SMILES string of the molecule is C/C=C\C1COC(CCC2COC(CCc3ccc(F)c(F)c3)OC2)OC1. The number of benzene rings is 1. The standard InChI is InChI=1S/C21H28F2O4/c1-2-3-16-11-24-21(25-12-16)9-6-17-13-26-20(27-14-17)8-5-15-4-7-18(22)19(23)10-15/h2-4,7,10,16-17,20-21H,5-6,8-9,11-14H2,1H3/b3-2-. The summed E-state index contributed by atoms with van der Waals surface area (Å²) in [6, 6.07) is 3.97. The smallest absolute Gasteiger partial charge is 0.159 e. The Balaban J connectivity index is 1.30. The summed E-state index contributed by atoms with van der Waals surface area (Å²) in [5, 5.41) is 0. The Morgan fingerprint density at radius 2 is 1.56 bits per heavy atom. The van der Waals surface area contributed by atoms with Gasteiger partial charge in [0.15, 0.2) is 24.2 Å². The second-order valence-electron chi connectivity index (χ2n) is 7.21. The molecule has 0 atom stereocenters. The van der Waals surface area contributed by atoms with Gasteiger partial charge in [0.1, 0.15) is 0 Å². The third-order valence-electron chi connectivity index (χ3n) is 4.96. The molecule has 2 aliphatic rings. The lowest BCUT2D eigenvalue weighted by molar-refractivity contribution is -0.215. The molecule has 2 fully saturated rings. The van der Waals surface area contributed by atoms with Crippen molar-refractivity contribution in [2.24, 2.45) is 11.8 Å². The molecule has 27 heavy (non-hydrogen) atoms. The summed E-state index contributed by atoms with van der Waals surface area (Å²) < 4.78 is 49.2. The second kappa shape index (κ2) is 10.3. The van der Waals surface area contributed by atoms with Crippen LogP contribution in [0.1, 0.15) is 31.7 Å². The van der Waals surface area contributed by atoms with Gasteiger partial charge in [0.05, 0.1) is 26.4 Å². The molecule has 6 heteroatoms. The van der Waals surface area contributed by atoms with Crippen LogP contribution in [0.2, 0.25) is 0 Å². The molecule has 1 aromatic rings. The van der Waals surface area contributed by atoms with Crippen LogP contribution in [0, 0.1) is 23.5 Å². The van der Waals surface area contributed by atoms with Crippen LogP contribution in [0.15, 0.2) is 30.4 Å². The van der Waals surface area contributed by atoms with Crippen molar-refractivity contribution in [2.45, 2.75) is 45.2 Å². The van der Waals surface area contributed by atoms with E-state index in [4.69, 9.17) is 18.9 Å². The quantitative estimate of drug-likeness (QED) is 0.662. The van der Waals surface area contributed by atoms with Crippen LogP contribution < -0.4 is 0 Å². The third kappa shape index (κ3) is 6.35. The monoisotopic (exact) mass is 382 g/mol. The molecule has 3 rings (SSSR count). The minimum Gasteiger partial charge on any atom is -0.352 e. The average Bonchev–Trinajstić information content (AvgIpc) is 2.69. The summed E-state index contributed by atoms with van der Waals surface area (Å²) in [5.74, 6) is -0.967. The number of hydrogen-bond acceptors (Lipinski definition) is 4. The number of hydrogen-bond donors (Lipinski definition) is 0. The van der Waals surface area contributed by atoms with Gasteiger partial charge in [0, 0.05) is 18.3 Å². The van der Waals surface area contributed by atoms with E-state index in [0.29, 0.717) is 51.1 Å². The largest absolute Gasteiger partial charge is 0.352 e. The third-order valence-corrected chi connectivity index (χ3v) is 4.96.